The lowest BCUT2D eigenvalue weighted by molar-refractivity contribution is -0.154. The maximum absolute atomic E-state index is 14.8. The average Bonchev–Trinajstić information content (AvgIpc) is 4.07. The highest BCUT2D eigenvalue weighted by molar-refractivity contribution is 7.91. The largest absolute Gasteiger partial charge is 0.472 e. The third-order valence-corrected chi connectivity index (χ3v) is 13.8. The van der Waals surface area contributed by atoms with Crippen molar-refractivity contribution in [2.24, 2.45) is 23.2 Å². The molecule has 1 saturated heterocycles. The molecule has 0 spiro atoms. The molecule has 3 saturated carbocycles. The Morgan fingerprint density at radius 1 is 1.09 bits per heavy atom. The van der Waals surface area contributed by atoms with Gasteiger partial charge in [-0.05, 0) is 80.0 Å². The lowest BCUT2D eigenvalue weighted by Gasteiger charge is -2.34. The van der Waals surface area contributed by atoms with E-state index in [1.807, 2.05) is 32.9 Å². The van der Waals surface area contributed by atoms with Gasteiger partial charge in [0.2, 0.25) is 27.7 Å². The fraction of sp³-hybridized carbons (Fsp3) is 0.585. The Hall–Kier alpha value is -4.26. The van der Waals surface area contributed by atoms with Crippen LogP contribution in [-0.2, 0) is 33.9 Å². The first-order valence-corrected chi connectivity index (χ1v) is 20.9. The standard InChI is InChI=1S/C41H52N4O8S/c1-5-29-22-41(29,39(49)44-54(50,51)31-13-14-31)43-36(47)34-20-30-23-45(34)38(48)33(26-10-7-6-8-11-26)21-35(46)52-24-40(3,4)16-9-12-27-19-32-28(18-25(27)2)15-17-42-37(32)53-30/h5,9,12,15,17-19,26,29-31,33-34H,1,6-8,10-11,13-14,16,20-24H2,2-4H3,(H,43,47)(H,44,49)/b12-9+/t29-,30-,33+,34+,41-/m1/s1. The van der Waals surface area contributed by atoms with Gasteiger partial charge in [0.15, 0.2) is 0 Å². The number of carbonyl (C=O) groups is 4. The number of nitrogens with one attached hydrogen (secondary N) is 2. The molecular formula is C41H52N4O8S. The molecule has 7 rings (SSSR count). The van der Waals surface area contributed by atoms with Crippen molar-refractivity contribution in [2.45, 2.75) is 114 Å². The maximum atomic E-state index is 14.8. The van der Waals surface area contributed by atoms with Gasteiger partial charge in [0.1, 0.15) is 17.7 Å². The predicted molar refractivity (Wildman–Crippen MR) is 203 cm³/mol. The number of hydrogen-bond donors (Lipinski definition) is 2. The minimum Gasteiger partial charge on any atom is -0.472 e. The summed E-state index contributed by atoms with van der Waals surface area (Å²) in [5.41, 5.74) is 0.177. The van der Waals surface area contributed by atoms with Crippen LogP contribution in [0.15, 0.2) is 43.1 Å². The third-order valence-electron chi connectivity index (χ3n) is 12.0. The number of aryl methyl sites for hydroxylation is 1. The number of aromatic nitrogens is 1. The second-order valence-corrected chi connectivity index (χ2v) is 18.8. The molecule has 5 atom stereocenters. The number of rotatable bonds is 7. The normalized spacial score (nSPS) is 29.7. The molecule has 0 unspecified atom stereocenters. The van der Waals surface area contributed by atoms with Gasteiger partial charge in [0, 0.05) is 29.3 Å². The second kappa shape index (κ2) is 14.8. The Morgan fingerprint density at radius 3 is 2.56 bits per heavy atom. The van der Waals surface area contributed by atoms with E-state index in [2.05, 4.69) is 39.8 Å². The lowest BCUT2D eigenvalue weighted by Crippen LogP contribution is -2.57. The number of amides is 3. The number of hydrogen-bond acceptors (Lipinski definition) is 9. The summed E-state index contributed by atoms with van der Waals surface area (Å²) in [4.78, 5) is 62.5. The van der Waals surface area contributed by atoms with Crippen LogP contribution in [0.3, 0.4) is 0 Å². The molecule has 2 aromatic rings. The van der Waals surface area contributed by atoms with Crippen LogP contribution in [0.1, 0.15) is 95.6 Å². The fourth-order valence-corrected chi connectivity index (χ4v) is 9.80. The van der Waals surface area contributed by atoms with Crippen LogP contribution >= 0.6 is 0 Å². The minimum atomic E-state index is -3.88. The molecule has 1 aromatic carbocycles. The molecule has 3 amide bonds. The average molecular weight is 761 g/mol. The summed E-state index contributed by atoms with van der Waals surface area (Å²) >= 11 is 0. The van der Waals surface area contributed by atoms with E-state index in [0.29, 0.717) is 25.1 Å². The van der Waals surface area contributed by atoms with Gasteiger partial charge in [-0.1, -0.05) is 57.4 Å². The summed E-state index contributed by atoms with van der Waals surface area (Å²) in [5.74, 6) is -3.07. The highest BCUT2D eigenvalue weighted by atomic mass is 32.2. The molecule has 2 aliphatic heterocycles. The van der Waals surface area contributed by atoms with Gasteiger partial charge in [-0.25, -0.2) is 13.4 Å². The fourth-order valence-electron chi connectivity index (χ4n) is 8.43. The highest BCUT2D eigenvalue weighted by Crippen LogP contribution is 2.46. The number of sulfonamides is 1. The molecular weight excluding hydrogens is 709 g/mol. The Kier molecular flexibility index (Phi) is 10.4. The number of carbonyl (C=O) groups excluding carboxylic acids is 4. The van der Waals surface area contributed by atoms with Crippen molar-refractivity contribution in [3.63, 3.8) is 0 Å². The van der Waals surface area contributed by atoms with Crippen LogP contribution < -0.4 is 14.8 Å². The Labute approximate surface area is 317 Å². The molecule has 290 valence electrons. The van der Waals surface area contributed by atoms with E-state index < -0.39 is 62.6 Å². The number of nitrogens with zero attached hydrogens (tertiary/aromatic N) is 2. The number of esters is 1. The molecule has 4 fully saturated rings. The summed E-state index contributed by atoms with van der Waals surface area (Å²) in [6.45, 7) is 10.2. The van der Waals surface area contributed by atoms with Crippen LogP contribution in [0.4, 0.5) is 0 Å². The van der Waals surface area contributed by atoms with Gasteiger partial charge >= 0.3 is 5.97 Å². The number of cyclic esters (lactones) is 1. The van der Waals surface area contributed by atoms with Gasteiger partial charge < -0.3 is 19.7 Å². The van der Waals surface area contributed by atoms with E-state index in [1.165, 1.54) is 11.0 Å². The molecule has 2 N–H and O–H groups in total. The van der Waals surface area contributed by atoms with Crippen molar-refractivity contribution in [3.05, 3.63) is 54.3 Å². The number of benzene rings is 1. The molecule has 3 heterocycles. The zero-order valence-corrected chi connectivity index (χ0v) is 32.3. The van der Waals surface area contributed by atoms with Crippen LogP contribution in [0.2, 0.25) is 0 Å². The van der Waals surface area contributed by atoms with E-state index in [1.54, 1.807) is 6.20 Å². The number of ether oxygens (including phenoxy) is 2. The van der Waals surface area contributed by atoms with Crippen LogP contribution in [0, 0.1) is 30.1 Å². The lowest BCUT2D eigenvalue weighted by atomic mass is 9.77. The first-order valence-electron chi connectivity index (χ1n) is 19.4. The molecule has 5 aliphatic rings. The summed E-state index contributed by atoms with van der Waals surface area (Å²) in [7, 11) is -3.88. The van der Waals surface area contributed by atoms with Crippen molar-refractivity contribution < 1.29 is 37.1 Å². The van der Waals surface area contributed by atoms with Crippen molar-refractivity contribution in [2.75, 3.05) is 13.2 Å². The van der Waals surface area contributed by atoms with Crippen LogP contribution in [0.5, 0.6) is 5.88 Å². The van der Waals surface area contributed by atoms with Crippen molar-refractivity contribution >= 4 is 50.6 Å². The smallest absolute Gasteiger partial charge is 0.306 e. The van der Waals surface area contributed by atoms with Gasteiger partial charge in [-0.2, -0.15) is 0 Å². The first kappa shape index (κ1) is 38.0. The second-order valence-electron chi connectivity index (χ2n) is 16.9. The summed E-state index contributed by atoms with van der Waals surface area (Å²) in [6, 6.07) is 4.96. The Morgan fingerprint density at radius 2 is 1.85 bits per heavy atom. The van der Waals surface area contributed by atoms with E-state index in [0.717, 1.165) is 54.0 Å². The van der Waals surface area contributed by atoms with Crippen LogP contribution in [0.25, 0.3) is 16.8 Å². The van der Waals surface area contributed by atoms with E-state index >= 15 is 0 Å². The molecule has 12 nitrogen and oxygen atoms in total. The van der Waals surface area contributed by atoms with Gasteiger partial charge in [-0.3, -0.25) is 23.9 Å². The highest BCUT2D eigenvalue weighted by Gasteiger charge is 2.62. The molecule has 0 radical (unpaired) electrons. The number of pyridine rings is 1. The van der Waals surface area contributed by atoms with Crippen molar-refractivity contribution in [3.8, 4) is 5.88 Å². The summed E-state index contributed by atoms with van der Waals surface area (Å²) in [6.07, 6.45) is 13.0. The minimum absolute atomic E-state index is 0.0546. The summed E-state index contributed by atoms with van der Waals surface area (Å²) < 4.78 is 40.1. The molecule has 3 aliphatic carbocycles. The molecule has 13 heteroatoms. The third kappa shape index (κ3) is 7.92. The SMILES string of the molecule is C=C[C@@H]1C[C@]1(NC(=O)[C@@H]1C[C@@H]2CN1C(=O)[C@H](C1CCCCC1)CC(=O)OCC(C)(C)C/C=C/c1cc3c(nccc3cc1C)O2)C(=O)NS(=O)(=O)C1CC1. The first-order chi connectivity index (χ1) is 25.7. The van der Waals surface area contributed by atoms with Crippen LogP contribution in [-0.4, -0.2) is 78.1 Å². The quantitative estimate of drug-likeness (QED) is 0.288. The van der Waals surface area contributed by atoms with Gasteiger partial charge in [0.05, 0.1) is 30.7 Å². The van der Waals surface area contributed by atoms with Crippen molar-refractivity contribution in [1.29, 1.82) is 0 Å². The summed E-state index contributed by atoms with van der Waals surface area (Å²) in [5, 5.41) is 3.97. The van der Waals surface area contributed by atoms with Crippen molar-refractivity contribution in [1.82, 2.24) is 19.9 Å². The van der Waals surface area contributed by atoms with Gasteiger partial charge in [0.25, 0.3) is 5.91 Å². The number of fused-ring (bicyclic) bond motifs is 3. The van der Waals surface area contributed by atoms with Gasteiger partial charge in [-0.15, -0.1) is 6.58 Å². The molecule has 54 heavy (non-hydrogen) atoms. The van der Waals surface area contributed by atoms with E-state index in [9.17, 15) is 27.6 Å². The molecule has 1 aromatic heterocycles. The Balaban J connectivity index is 1.24. The maximum Gasteiger partial charge on any atom is 0.306 e. The van der Waals surface area contributed by atoms with E-state index in [-0.39, 0.29) is 49.7 Å². The zero-order chi connectivity index (χ0) is 38.4. The molecule has 4 bridgehead atoms. The predicted octanol–water partition coefficient (Wildman–Crippen LogP) is 5.13. The zero-order valence-electron chi connectivity index (χ0n) is 31.5. The van der Waals surface area contributed by atoms with E-state index in [4.69, 9.17) is 9.47 Å². The number of allylic oxidation sites excluding steroid dienone is 1. The topological polar surface area (TPSA) is 161 Å². The monoisotopic (exact) mass is 760 g/mol. The Bertz CT molecular complexity index is 1980.